The number of rotatable bonds is 2. The molecule has 18 heavy (non-hydrogen) atoms. The molecule has 0 aliphatic rings. The van der Waals surface area contributed by atoms with E-state index in [-0.39, 0.29) is 16.1 Å². The van der Waals surface area contributed by atoms with Crippen molar-refractivity contribution >= 4 is 39.2 Å². The van der Waals surface area contributed by atoms with Crippen LogP contribution in [-0.2, 0) is 0 Å². The summed E-state index contributed by atoms with van der Waals surface area (Å²) in [5.41, 5.74) is 14.3. The van der Waals surface area contributed by atoms with E-state index in [2.05, 4.69) is 25.9 Å². The number of nitrogens with zero attached hydrogens (tertiary/aromatic N) is 3. The molecule has 0 saturated carbocycles. The Balaban J connectivity index is 3.45. The number of hydrogen-bond acceptors (Lipinski definition) is 3. The van der Waals surface area contributed by atoms with E-state index in [1.807, 2.05) is 0 Å². The summed E-state index contributed by atoms with van der Waals surface area (Å²) in [7, 11) is 0. The standard InChI is InChI=1S/C8H8BrFN6O2/c9-3-1-2-4(10)6(16(17)18)5(3)14-8(13)15-7(11)12/h1-2H,(H6,11,12,13,14,15). The van der Waals surface area contributed by atoms with E-state index in [1.54, 1.807) is 0 Å². The van der Waals surface area contributed by atoms with Crippen molar-refractivity contribution in [2.45, 2.75) is 0 Å². The molecule has 0 aromatic heterocycles. The molecular weight excluding hydrogens is 311 g/mol. The lowest BCUT2D eigenvalue weighted by Crippen LogP contribution is -2.26. The summed E-state index contributed by atoms with van der Waals surface area (Å²) in [5, 5.41) is 10.7. The van der Waals surface area contributed by atoms with Crippen LogP contribution in [0.2, 0.25) is 0 Å². The molecule has 0 unspecified atom stereocenters. The minimum Gasteiger partial charge on any atom is -0.370 e. The van der Waals surface area contributed by atoms with Crippen LogP contribution in [-0.4, -0.2) is 16.8 Å². The van der Waals surface area contributed by atoms with Gasteiger partial charge in [0.1, 0.15) is 0 Å². The Morgan fingerprint density at radius 3 is 2.50 bits per heavy atom. The van der Waals surface area contributed by atoms with Crippen molar-refractivity contribution in [2.75, 3.05) is 0 Å². The molecule has 1 rings (SSSR count). The third-order valence-electron chi connectivity index (χ3n) is 1.71. The van der Waals surface area contributed by atoms with Crippen LogP contribution in [0.5, 0.6) is 0 Å². The van der Waals surface area contributed by atoms with Gasteiger partial charge in [-0.05, 0) is 28.1 Å². The summed E-state index contributed by atoms with van der Waals surface area (Å²) in [5.74, 6) is -1.84. The number of nitro groups is 1. The third-order valence-corrected chi connectivity index (χ3v) is 2.35. The summed E-state index contributed by atoms with van der Waals surface area (Å²) >= 11 is 3.00. The van der Waals surface area contributed by atoms with E-state index in [0.29, 0.717) is 0 Å². The zero-order chi connectivity index (χ0) is 13.9. The van der Waals surface area contributed by atoms with Gasteiger partial charge in [-0.3, -0.25) is 10.1 Å². The zero-order valence-corrected chi connectivity index (χ0v) is 10.4. The zero-order valence-electron chi connectivity index (χ0n) is 8.80. The fraction of sp³-hybridized carbons (Fsp3) is 0. The van der Waals surface area contributed by atoms with Crippen molar-refractivity contribution in [1.29, 1.82) is 0 Å². The van der Waals surface area contributed by atoms with Crippen LogP contribution in [0.1, 0.15) is 0 Å². The molecular formula is C8H8BrFN6O2. The fourth-order valence-corrected chi connectivity index (χ4v) is 1.49. The van der Waals surface area contributed by atoms with Gasteiger partial charge in [-0.1, -0.05) is 0 Å². The number of hydrogen-bond donors (Lipinski definition) is 3. The van der Waals surface area contributed by atoms with E-state index < -0.39 is 22.4 Å². The topological polar surface area (TPSA) is 146 Å². The third kappa shape index (κ3) is 3.13. The average molecular weight is 319 g/mol. The molecule has 0 aliphatic carbocycles. The second kappa shape index (κ2) is 5.40. The lowest BCUT2D eigenvalue weighted by atomic mass is 10.2. The van der Waals surface area contributed by atoms with E-state index >= 15 is 0 Å². The number of halogens is 2. The SMILES string of the molecule is NC(N)=NC(N)=Nc1c(Br)ccc(F)c1[N+](=O)[O-]. The quantitative estimate of drug-likeness (QED) is 0.318. The maximum atomic E-state index is 13.3. The van der Waals surface area contributed by atoms with Crippen molar-refractivity contribution < 1.29 is 9.31 Å². The second-order valence-corrected chi connectivity index (χ2v) is 3.84. The van der Waals surface area contributed by atoms with E-state index in [9.17, 15) is 14.5 Å². The van der Waals surface area contributed by atoms with Gasteiger partial charge >= 0.3 is 5.69 Å². The molecule has 0 amide bonds. The van der Waals surface area contributed by atoms with Crippen LogP contribution in [0.4, 0.5) is 15.8 Å². The monoisotopic (exact) mass is 318 g/mol. The lowest BCUT2D eigenvalue weighted by Gasteiger charge is -2.02. The highest BCUT2D eigenvalue weighted by atomic mass is 79.9. The lowest BCUT2D eigenvalue weighted by molar-refractivity contribution is -0.386. The summed E-state index contributed by atoms with van der Waals surface area (Å²) in [6.45, 7) is 0. The second-order valence-electron chi connectivity index (χ2n) is 2.99. The van der Waals surface area contributed by atoms with Crippen molar-refractivity contribution in [3.63, 3.8) is 0 Å². The maximum absolute atomic E-state index is 13.3. The Bertz CT molecular complexity index is 555. The molecule has 8 nitrogen and oxygen atoms in total. The number of guanidine groups is 2. The average Bonchev–Trinajstić information content (AvgIpc) is 2.21. The molecule has 0 saturated heterocycles. The predicted molar refractivity (Wildman–Crippen MR) is 67.8 cm³/mol. The van der Waals surface area contributed by atoms with Gasteiger partial charge in [-0.25, -0.2) is 4.99 Å². The van der Waals surface area contributed by atoms with Crippen molar-refractivity contribution in [3.8, 4) is 0 Å². The Kier molecular flexibility index (Phi) is 4.15. The molecule has 0 heterocycles. The molecule has 0 spiro atoms. The maximum Gasteiger partial charge on any atom is 0.331 e. The number of nitrogens with two attached hydrogens (primary N) is 3. The van der Waals surface area contributed by atoms with E-state index in [4.69, 9.17) is 17.2 Å². The summed E-state index contributed by atoms with van der Waals surface area (Å²) in [6.07, 6.45) is 0. The van der Waals surface area contributed by atoms with Gasteiger partial charge in [-0.2, -0.15) is 9.38 Å². The first-order valence-corrected chi connectivity index (χ1v) is 5.18. The number of nitro benzene ring substituents is 1. The van der Waals surface area contributed by atoms with Crippen LogP contribution < -0.4 is 17.2 Å². The molecule has 1 aromatic carbocycles. The van der Waals surface area contributed by atoms with Gasteiger partial charge in [0.2, 0.25) is 11.8 Å². The van der Waals surface area contributed by atoms with Gasteiger partial charge in [0, 0.05) is 0 Å². The minimum atomic E-state index is -1.04. The molecule has 0 bridgehead atoms. The normalized spacial score (nSPS) is 11.1. The first kappa shape index (κ1) is 13.8. The molecule has 10 heteroatoms. The van der Waals surface area contributed by atoms with Gasteiger partial charge in [0.15, 0.2) is 11.6 Å². The van der Waals surface area contributed by atoms with Crippen LogP contribution in [0.25, 0.3) is 0 Å². The highest BCUT2D eigenvalue weighted by Gasteiger charge is 2.23. The van der Waals surface area contributed by atoms with Gasteiger partial charge in [0.25, 0.3) is 0 Å². The number of aliphatic imine (C=N–C) groups is 2. The molecule has 0 fully saturated rings. The molecule has 1 aromatic rings. The largest absolute Gasteiger partial charge is 0.370 e. The predicted octanol–water partition coefficient (Wildman–Crippen LogP) is 0.716. The first-order chi connectivity index (χ1) is 8.32. The summed E-state index contributed by atoms with van der Waals surface area (Å²) in [4.78, 5) is 16.8. The van der Waals surface area contributed by atoms with Crippen molar-refractivity contribution in [1.82, 2.24) is 0 Å². The first-order valence-electron chi connectivity index (χ1n) is 4.39. The van der Waals surface area contributed by atoms with Crippen molar-refractivity contribution in [2.24, 2.45) is 27.2 Å². The smallest absolute Gasteiger partial charge is 0.331 e. The number of benzene rings is 1. The van der Waals surface area contributed by atoms with Crippen LogP contribution in [0, 0.1) is 15.9 Å². The van der Waals surface area contributed by atoms with Crippen LogP contribution in [0.3, 0.4) is 0 Å². The van der Waals surface area contributed by atoms with Gasteiger partial charge in [-0.15, -0.1) is 0 Å². The highest BCUT2D eigenvalue weighted by molar-refractivity contribution is 9.10. The Morgan fingerprint density at radius 1 is 1.39 bits per heavy atom. The molecule has 96 valence electrons. The fourth-order valence-electron chi connectivity index (χ4n) is 1.08. The minimum absolute atomic E-state index is 0.185. The Hall–Kier alpha value is -2.23. The Labute approximate surface area is 109 Å². The summed E-state index contributed by atoms with van der Waals surface area (Å²) < 4.78 is 13.5. The van der Waals surface area contributed by atoms with Gasteiger partial charge < -0.3 is 17.2 Å². The van der Waals surface area contributed by atoms with Crippen LogP contribution >= 0.6 is 15.9 Å². The molecule has 0 aliphatic heterocycles. The molecule has 0 atom stereocenters. The summed E-state index contributed by atoms with van der Waals surface area (Å²) in [6, 6.07) is 2.18. The van der Waals surface area contributed by atoms with Crippen LogP contribution in [0.15, 0.2) is 26.6 Å². The molecule has 6 N–H and O–H groups in total. The van der Waals surface area contributed by atoms with Gasteiger partial charge in [0.05, 0.1) is 9.40 Å². The van der Waals surface area contributed by atoms with E-state index in [1.165, 1.54) is 6.07 Å². The van der Waals surface area contributed by atoms with E-state index in [0.717, 1.165) is 6.07 Å². The Morgan fingerprint density at radius 2 is 2.00 bits per heavy atom. The highest BCUT2D eigenvalue weighted by Crippen LogP contribution is 2.37. The van der Waals surface area contributed by atoms with Crippen molar-refractivity contribution in [3.05, 3.63) is 32.5 Å². The molecule has 0 radical (unpaired) electrons.